The molecule has 0 saturated heterocycles. The number of aliphatic carboxylic acids is 1. The summed E-state index contributed by atoms with van der Waals surface area (Å²) in [6.07, 6.45) is 6.38. The fourth-order valence-electron chi connectivity index (χ4n) is 4.66. The summed E-state index contributed by atoms with van der Waals surface area (Å²) in [5.41, 5.74) is 2.08. The Hall–Kier alpha value is -3.06. The van der Waals surface area contributed by atoms with Gasteiger partial charge in [-0.3, -0.25) is 0 Å². The van der Waals surface area contributed by atoms with Gasteiger partial charge in [-0.2, -0.15) is 0 Å². The molecule has 1 unspecified atom stereocenters. The molecule has 3 rings (SSSR count). The van der Waals surface area contributed by atoms with E-state index in [2.05, 4.69) is 17.4 Å². The molecule has 0 bridgehead atoms. The van der Waals surface area contributed by atoms with E-state index in [0.29, 0.717) is 44.4 Å². The van der Waals surface area contributed by atoms with E-state index in [9.17, 15) is 14.7 Å². The van der Waals surface area contributed by atoms with Crippen molar-refractivity contribution < 1.29 is 24.2 Å². The molecule has 196 valence electrons. The molecule has 1 aliphatic carbocycles. The van der Waals surface area contributed by atoms with Gasteiger partial charge in [0.1, 0.15) is 12.4 Å². The average Bonchev–Trinajstić information content (AvgIpc) is 2.90. The van der Waals surface area contributed by atoms with Crippen molar-refractivity contribution in [1.82, 2.24) is 10.2 Å². The summed E-state index contributed by atoms with van der Waals surface area (Å²) in [5.74, 6) is 0.284. The van der Waals surface area contributed by atoms with Gasteiger partial charge in [0.2, 0.25) is 0 Å². The summed E-state index contributed by atoms with van der Waals surface area (Å²) in [7, 11) is 0. The molecule has 0 aromatic heterocycles. The van der Waals surface area contributed by atoms with Crippen molar-refractivity contribution in [3.63, 3.8) is 0 Å². The number of carboxylic acids is 1. The molecule has 2 amide bonds. The van der Waals surface area contributed by atoms with Gasteiger partial charge in [-0.05, 0) is 55.4 Å². The van der Waals surface area contributed by atoms with Crippen LogP contribution in [0.25, 0.3) is 0 Å². The molecular formula is C29H40N2O5. The van der Waals surface area contributed by atoms with E-state index < -0.39 is 12.1 Å². The fourth-order valence-corrected chi connectivity index (χ4v) is 4.66. The Balaban J connectivity index is 1.49. The SMILES string of the molecule is CCOC(Cc1ccc(OCCN(CC2CCCCC2)C(=O)NCCc2ccccc2)cc1)C(=O)O. The van der Waals surface area contributed by atoms with Crippen LogP contribution in [0.1, 0.15) is 50.2 Å². The lowest BCUT2D eigenvalue weighted by atomic mass is 9.89. The molecule has 1 atom stereocenters. The molecule has 1 aliphatic rings. The molecule has 1 saturated carbocycles. The number of carbonyl (C=O) groups excluding carboxylic acids is 1. The van der Waals surface area contributed by atoms with Gasteiger partial charge in [-0.25, -0.2) is 9.59 Å². The number of nitrogens with zero attached hydrogens (tertiary/aromatic N) is 1. The number of rotatable bonds is 14. The van der Waals surface area contributed by atoms with Crippen LogP contribution in [-0.2, 0) is 22.4 Å². The summed E-state index contributed by atoms with van der Waals surface area (Å²) in [5, 5.41) is 12.4. The lowest BCUT2D eigenvalue weighted by Gasteiger charge is -2.30. The van der Waals surface area contributed by atoms with Crippen LogP contribution in [0.4, 0.5) is 4.79 Å². The first-order valence-corrected chi connectivity index (χ1v) is 13.2. The van der Waals surface area contributed by atoms with Crippen molar-refractivity contribution in [2.75, 3.05) is 32.8 Å². The Labute approximate surface area is 214 Å². The molecule has 0 aliphatic heterocycles. The van der Waals surface area contributed by atoms with Crippen LogP contribution < -0.4 is 10.1 Å². The van der Waals surface area contributed by atoms with E-state index in [-0.39, 0.29) is 6.03 Å². The number of hydrogen-bond acceptors (Lipinski definition) is 4. The largest absolute Gasteiger partial charge is 0.492 e. The lowest BCUT2D eigenvalue weighted by molar-refractivity contribution is -0.149. The molecule has 7 heteroatoms. The number of amides is 2. The summed E-state index contributed by atoms with van der Waals surface area (Å²) in [6.45, 7) is 4.41. The third-order valence-electron chi connectivity index (χ3n) is 6.64. The molecule has 0 heterocycles. The number of benzene rings is 2. The summed E-state index contributed by atoms with van der Waals surface area (Å²) in [4.78, 5) is 26.2. The van der Waals surface area contributed by atoms with Crippen LogP contribution in [0, 0.1) is 5.92 Å². The second-order valence-corrected chi connectivity index (χ2v) is 9.40. The Morgan fingerprint density at radius 2 is 1.75 bits per heavy atom. The number of carbonyl (C=O) groups is 2. The quantitative estimate of drug-likeness (QED) is 0.387. The second kappa shape index (κ2) is 15.1. The number of ether oxygens (including phenoxy) is 2. The van der Waals surface area contributed by atoms with Crippen molar-refractivity contribution in [2.24, 2.45) is 5.92 Å². The van der Waals surface area contributed by atoms with Gasteiger partial charge in [0.25, 0.3) is 0 Å². The molecule has 7 nitrogen and oxygen atoms in total. The van der Waals surface area contributed by atoms with E-state index >= 15 is 0 Å². The highest BCUT2D eigenvalue weighted by Crippen LogP contribution is 2.24. The van der Waals surface area contributed by atoms with Crippen LogP contribution in [0.3, 0.4) is 0 Å². The topological polar surface area (TPSA) is 88.1 Å². The second-order valence-electron chi connectivity index (χ2n) is 9.40. The molecule has 2 aromatic rings. The van der Waals surface area contributed by atoms with E-state index in [1.165, 1.54) is 37.7 Å². The van der Waals surface area contributed by atoms with Gasteiger partial charge in [0, 0.05) is 26.1 Å². The summed E-state index contributed by atoms with van der Waals surface area (Å²) in [6, 6.07) is 17.5. The number of nitrogens with one attached hydrogen (secondary N) is 1. The van der Waals surface area contributed by atoms with E-state index in [0.717, 1.165) is 18.5 Å². The van der Waals surface area contributed by atoms with Crippen molar-refractivity contribution in [3.8, 4) is 5.75 Å². The standard InChI is InChI=1S/C29H40N2O5/c1-2-35-27(28(32)33)21-24-13-15-26(16-14-24)36-20-19-31(22-25-11-7-4-8-12-25)29(34)30-18-17-23-9-5-3-6-10-23/h3,5-6,9-10,13-16,25,27H,2,4,7-8,11-12,17-22H2,1H3,(H,30,34)(H,32,33). The van der Waals surface area contributed by atoms with Gasteiger partial charge in [-0.1, -0.05) is 61.7 Å². The van der Waals surface area contributed by atoms with Gasteiger partial charge in [0.05, 0.1) is 6.54 Å². The van der Waals surface area contributed by atoms with Crippen LogP contribution in [0.2, 0.25) is 0 Å². The average molecular weight is 497 g/mol. The Kier molecular flexibility index (Phi) is 11.6. The van der Waals surface area contributed by atoms with Crippen LogP contribution in [0.15, 0.2) is 54.6 Å². The van der Waals surface area contributed by atoms with Crippen molar-refractivity contribution in [3.05, 3.63) is 65.7 Å². The van der Waals surface area contributed by atoms with Crippen molar-refractivity contribution >= 4 is 12.0 Å². The number of urea groups is 1. The molecule has 2 aromatic carbocycles. The first-order chi connectivity index (χ1) is 17.5. The zero-order chi connectivity index (χ0) is 25.6. The van der Waals surface area contributed by atoms with Crippen molar-refractivity contribution in [1.29, 1.82) is 0 Å². The van der Waals surface area contributed by atoms with Gasteiger partial charge < -0.3 is 24.8 Å². The zero-order valence-corrected chi connectivity index (χ0v) is 21.4. The Bertz CT molecular complexity index is 913. The third-order valence-corrected chi connectivity index (χ3v) is 6.64. The highest BCUT2D eigenvalue weighted by atomic mass is 16.5. The van der Waals surface area contributed by atoms with Gasteiger partial charge in [-0.15, -0.1) is 0 Å². The summed E-state index contributed by atoms with van der Waals surface area (Å²) < 4.78 is 11.2. The number of carboxylic acid groups (broad SMARTS) is 1. The van der Waals surface area contributed by atoms with E-state index in [1.807, 2.05) is 47.4 Å². The minimum absolute atomic E-state index is 0.0360. The normalized spacial score (nSPS) is 14.7. The molecule has 36 heavy (non-hydrogen) atoms. The first-order valence-electron chi connectivity index (χ1n) is 13.2. The zero-order valence-electron chi connectivity index (χ0n) is 21.4. The van der Waals surface area contributed by atoms with E-state index in [1.54, 1.807) is 6.92 Å². The molecule has 0 radical (unpaired) electrons. The highest BCUT2D eigenvalue weighted by Gasteiger charge is 2.21. The number of hydrogen-bond donors (Lipinski definition) is 2. The van der Waals surface area contributed by atoms with Crippen LogP contribution >= 0.6 is 0 Å². The van der Waals surface area contributed by atoms with Crippen LogP contribution in [-0.4, -0.2) is 61.0 Å². The van der Waals surface area contributed by atoms with Gasteiger partial charge >= 0.3 is 12.0 Å². The highest BCUT2D eigenvalue weighted by molar-refractivity contribution is 5.74. The Morgan fingerprint density at radius 3 is 2.42 bits per heavy atom. The third kappa shape index (κ3) is 9.53. The monoisotopic (exact) mass is 496 g/mol. The minimum atomic E-state index is -0.961. The molecule has 1 fully saturated rings. The van der Waals surface area contributed by atoms with E-state index in [4.69, 9.17) is 9.47 Å². The smallest absolute Gasteiger partial charge is 0.333 e. The first kappa shape index (κ1) is 27.5. The fraction of sp³-hybridized carbons (Fsp3) is 0.517. The summed E-state index contributed by atoms with van der Waals surface area (Å²) >= 11 is 0. The predicted molar refractivity (Wildman–Crippen MR) is 140 cm³/mol. The maximum Gasteiger partial charge on any atom is 0.333 e. The lowest BCUT2D eigenvalue weighted by Crippen LogP contribution is -2.45. The molecule has 0 spiro atoms. The predicted octanol–water partition coefficient (Wildman–Crippen LogP) is 4.93. The molecule has 2 N–H and O–H groups in total. The maximum absolute atomic E-state index is 13.0. The minimum Gasteiger partial charge on any atom is -0.492 e. The molecular weight excluding hydrogens is 456 g/mol. The van der Waals surface area contributed by atoms with Gasteiger partial charge in [0.15, 0.2) is 6.10 Å². The van der Waals surface area contributed by atoms with Crippen LogP contribution in [0.5, 0.6) is 5.75 Å². The maximum atomic E-state index is 13.0. The Morgan fingerprint density at radius 1 is 1.03 bits per heavy atom. The van der Waals surface area contributed by atoms with Crippen molar-refractivity contribution in [2.45, 2.75) is 58.0 Å².